The number of primary amides is 1. The van der Waals surface area contributed by atoms with E-state index < -0.39 is 11.9 Å². The van der Waals surface area contributed by atoms with Crippen LogP contribution in [0.1, 0.15) is 12.0 Å². The van der Waals surface area contributed by atoms with Crippen LogP contribution < -0.4 is 15.2 Å². The third-order valence-corrected chi connectivity index (χ3v) is 2.23. The first-order chi connectivity index (χ1) is 9.04. The number of benzene rings is 1. The number of nitrogens with two attached hydrogens (primary N) is 1. The van der Waals surface area contributed by atoms with Gasteiger partial charge in [0.05, 0.1) is 20.1 Å². The van der Waals surface area contributed by atoms with Crippen LogP contribution in [0, 0.1) is 0 Å². The molecule has 1 aromatic rings. The van der Waals surface area contributed by atoms with E-state index in [-0.39, 0.29) is 13.0 Å². The Hall–Kier alpha value is -2.50. The Balaban J connectivity index is 2.95. The molecule has 0 aromatic heterocycles. The number of hydrogen-bond donors (Lipinski definition) is 2. The van der Waals surface area contributed by atoms with Crippen molar-refractivity contribution < 1.29 is 24.2 Å². The number of carbonyl (C=O) groups excluding carboxylic acids is 1. The number of amides is 1. The van der Waals surface area contributed by atoms with Crippen molar-refractivity contribution in [2.24, 2.45) is 5.73 Å². The number of carbonyl (C=O) groups is 2. The predicted molar refractivity (Wildman–Crippen MR) is 69.0 cm³/mol. The van der Waals surface area contributed by atoms with Gasteiger partial charge >= 0.3 is 5.97 Å². The highest BCUT2D eigenvalue weighted by molar-refractivity contribution is 5.86. The zero-order valence-electron chi connectivity index (χ0n) is 10.5. The summed E-state index contributed by atoms with van der Waals surface area (Å²) in [5.41, 5.74) is 5.57. The fourth-order valence-corrected chi connectivity index (χ4v) is 1.39. The van der Waals surface area contributed by atoms with E-state index in [0.29, 0.717) is 17.1 Å². The van der Waals surface area contributed by atoms with Gasteiger partial charge in [0.2, 0.25) is 5.91 Å². The van der Waals surface area contributed by atoms with Crippen molar-refractivity contribution in [1.29, 1.82) is 0 Å². The summed E-state index contributed by atoms with van der Waals surface area (Å²) in [4.78, 5) is 21.2. The molecule has 6 heteroatoms. The van der Waals surface area contributed by atoms with Gasteiger partial charge < -0.3 is 20.3 Å². The standard InChI is InChI=1S/C13H15NO5/c1-18-10-4-2-3-9(5-6-12(16)17)13(10)19-8-7-11(14)15/h2-6H,7-8H2,1H3,(H2,14,15)(H,16,17)/b6-5+. The summed E-state index contributed by atoms with van der Waals surface area (Å²) >= 11 is 0. The molecule has 0 aliphatic carbocycles. The van der Waals surface area contributed by atoms with Crippen molar-refractivity contribution in [2.75, 3.05) is 13.7 Å². The molecule has 0 unspecified atom stereocenters. The maximum atomic E-state index is 10.7. The molecule has 102 valence electrons. The summed E-state index contributed by atoms with van der Waals surface area (Å²) in [6, 6.07) is 5.07. The van der Waals surface area contributed by atoms with Gasteiger partial charge in [-0.1, -0.05) is 12.1 Å². The number of aliphatic carboxylic acids is 1. The zero-order valence-corrected chi connectivity index (χ0v) is 10.5. The summed E-state index contributed by atoms with van der Waals surface area (Å²) in [6.45, 7) is 0.101. The molecule has 1 amide bonds. The van der Waals surface area contributed by atoms with Gasteiger partial charge in [0.1, 0.15) is 0 Å². The Morgan fingerprint density at radius 2 is 2.16 bits per heavy atom. The SMILES string of the molecule is COc1cccc(/C=C/C(=O)O)c1OCCC(N)=O. The first kappa shape index (κ1) is 14.6. The maximum absolute atomic E-state index is 10.7. The van der Waals surface area contributed by atoms with Crippen molar-refractivity contribution in [3.05, 3.63) is 29.8 Å². The third kappa shape index (κ3) is 4.71. The van der Waals surface area contributed by atoms with Crippen LogP contribution in [0.5, 0.6) is 11.5 Å². The quantitative estimate of drug-likeness (QED) is 0.718. The van der Waals surface area contributed by atoms with Gasteiger partial charge in [-0.15, -0.1) is 0 Å². The molecule has 1 rings (SSSR count). The summed E-state index contributed by atoms with van der Waals surface area (Å²) in [7, 11) is 1.47. The van der Waals surface area contributed by atoms with Gasteiger partial charge in [0.15, 0.2) is 11.5 Å². The van der Waals surface area contributed by atoms with Crippen molar-refractivity contribution >= 4 is 18.0 Å². The monoisotopic (exact) mass is 265 g/mol. The van der Waals surface area contributed by atoms with E-state index in [9.17, 15) is 9.59 Å². The van der Waals surface area contributed by atoms with E-state index in [1.54, 1.807) is 18.2 Å². The molecule has 0 saturated heterocycles. The molecule has 1 aromatic carbocycles. The van der Waals surface area contributed by atoms with Gasteiger partial charge in [-0.2, -0.15) is 0 Å². The topological polar surface area (TPSA) is 98.8 Å². The predicted octanol–water partition coefficient (Wildman–Crippen LogP) is 1.05. The second-order valence-electron chi connectivity index (χ2n) is 3.61. The minimum absolute atomic E-state index is 0.0696. The second kappa shape index (κ2) is 7.05. The lowest BCUT2D eigenvalue weighted by molar-refractivity contribution is -0.131. The fraction of sp³-hybridized carbons (Fsp3) is 0.231. The molecule has 6 nitrogen and oxygen atoms in total. The fourth-order valence-electron chi connectivity index (χ4n) is 1.39. The lowest BCUT2D eigenvalue weighted by Gasteiger charge is -2.12. The molecule has 0 radical (unpaired) electrons. The Morgan fingerprint density at radius 3 is 2.74 bits per heavy atom. The Kier molecular flexibility index (Phi) is 5.40. The van der Waals surface area contributed by atoms with Gasteiger partial charge in [-0.05, 0) is 12.1 Å². The summed E-state index contributed by atoms with van der Waals surface area (Å²) in [5.74, 6) is -0.704. The van der Waals surface area contributed by atoms with Crippen LogP contribution in [0.15, 0.2) is 24.3 Å². The van der Waals surface area contributed by atoms with Crippen LogP contribution >= 0.6 is 0 Å². The smallest absolute Gasteiger partial charge is 0.328 e. The zero-order chi connectivity index (χ0) is 14.3. The Labute approximate surface area is 110 Å². The lowest BCUT2D eigenvalue weighted by Crippen LogP contribution is -2.15. The molecule has 0 spiro atoms. The average Bonchev–Trinajstić information content (AvgIpc) is 2.36. The van der Waals surface area contributed by atoms with Crippen LogP contribution in [-0.4, -0.2) is 30.7 Å². The number of methoxy groups -OCH3 is 1. The minimum Gasteiger partial charge on any atom is -0.493 e. The van der Waals surface area contributed by atoms with Gasteiger partial charge in [0, 0.05) is 11.6 Å². The number of hydrogen-bond acceptors (Lipinski definition) is 4. The van der Waals surface area contributed by atoms with Gasteiger partial charge in [-0.25, -0.2) is 4.79 Å². The van der Waals surface area contributed by atoms with Crippen molar-refractivity contribution in [1.82, 2.24) is 0 Å². The summed E-state index contributed by atoms with van der Waals surface area (Å²) in [6.07, 6.45) is 2.46. The van der Waals surface area contributed by atoms with Crippen LogP contribution in [-0.2, 0) is 9.59 Å². The highest BCUT2D eigenvalue weighted by atomic mass is 16.5. The normalized spacial score (nSPS) is 10.4. The van der Waals surface area contributed by atoms with E-state index in [1.165, 1.54) is 13.2 Å². The van der Waals surface area contributed by atoms with Crippen LogP contribution in [0.25, 0.3) is 6.08 Å². The van der Waals surface area contributed by atoms with E-state index in [2.05, 4.69) is 0 Å². The van der Waals surface area contributed by atoms with E-state index in [1.807, 2.05) is 0 Å². The van der Waals surface area contributed by atoms with Crippen molar-refractivity contribution in [2.45, 2.75) is 6.42 Å². The maximum Gasteiger partial charge on any atom is 0.328 e. The molecular weight excluding hydrogens is 250 g/mol. The van der Waals surface area contributed by atoms with Gasteiger partial charge in [0.25, 0.3) is 0 Å². The van der Waals surface area contributed by atoms with Crippen LogP contribution in [0.2, 0.25) is 0 Å². The molecule has 19 heavy (non-hydrogen) atoms. The lowest BCUT2D eigenvalue weighted by atomic mass is 10.1. The minimum atomic E-state index is -1.06. The van der Waals surface area contributed by atoms with Crippen molar-refractivity contribution in [3.63, 3.8) is 0 Å². The molecule has 0 bridgehead atoms. The number of rotatable bonds is 7. The van der Waals surface area contributed by atoms with Crippen LogP contribution in [0.3, 0.4) is 0 Å². The summed E-state index contributed by atoms with van der Waals surface area (Å²) < 4.78 is 10.6. The number of carboxylic acids is 1. The molecular formula is C13H15NO5. The molecule has 0 aliphatic rings. The molecule has 0 atom stereocenters. The average molecular weight is 265 g/mol. The number of ether oxygens (including phenoxy) is 2. The first-order valence-electron chi connectivity index (χ1n) is 5.53. The molecule has 0 fully saturated rings. The molecule has 3 N–H and O–H groups in total. The van der Waals surface area contributed by atoms with Gasteiger partial charge in [-0.3, -0.25) is 4.79 Å². The Morgan fingerprint density at radius 1 is 1.42 bits per heavy atom. The molecule has 0 saturated carbocycles. The highest BCUT2D eigenvalue weighted by Gasteiger charge is 2.09. The largest absolute Gasteiger partial charge is 0.493 e. The molecule has 0 aliphatic heterocycles. The summed E-state index contributed by atoms with van der Waals surface area (Å²) in [5, 5.41) is 8.62. The van der Waals surface area contributed by atoms with E-state index in [4.69, 9.17) is 20.3 Å². The number of para-hydroxylation sites is 1. The van der Waals surface area contributed by atoms with Crippen molar-refractivity contribution in [3.8, 4) is 11.5 Å². The Bertz CT molecular complexity index is 496. The molecule has 0 heterocycles. The third-order valence-electron chi connectivity index (χ3n) is 2.23. The van der Waals surface area contributed by atoms with E-state index >= 15 is 0 Å². The highest BCUT2D eigenvalue weighted by Crippen LogP contribution is 2.32. The second-order valence-corrected chi connectivity index (χ2v) is 3.61. The van der Waals surface area contributed by atoms with E-state index in [0.717, 1.165) is 6.08 Å². The number of carboxylic acid groups (broad SMARTS) is 1. The van der Waals surface area contributed by atoms with Crippen LogP contribution in [0.4, 0.5) is 0 Å². The first-order valence-corrected chi connectivity index (χ1v) is 5.53.